The monoisotopic (exact) mass is 419 g/mol. The Labute approximate surface area is 181 Å². The Morgan fingerprint density at radius 3 is 2.13 bits per heavy atom. The summed E-state index contributed by atoms with van der Waals surface area (Å²) >= 11 is 0. The molecule has 31 heavy (non-hydrogen) atoms. The third-order valence-corrected chi connectivity index (χ3v) is 7.09. The number of esters is 1. The van der Waals surface area contributed by atoms with E-state index in [0.717, 1.165) is 30.4 Å². The average molecular weight is 419 g/mol. The first-order valence-electron chi connectivity index (χ1n) is 10.8. The van der Waals surface area contributed by atoms with Crippen molar-refractivity contribution in [3.05, 3.63) is 53.6 Å². The molecule has 4 unspecified atom stereocenters. The molecular weight excluding hydrogens is 394 g/mol. The van der Waals surface area contributed by atoms with Gasteiger partial charge in [-0.3, -0.25) is 14.5 Å². The highest BCUT2D eigenvalue weighted by Gasteiger charge is 2.61. The molecule has 1 heterocycles. The number of amides is 2. The average Bonchev–Trinajstić information content (AvgIpc) is 3.44. The van der Waals surface area contributed by atoms with Crippen molar-refractivity contribution in [1.82, 2.24) is 0 Å². The van der Waals surface area contributed by atoms with Gasteiger partial charge >= 0.3 is 5.97 Å². The van der Waals surface area contributed by atoms with E-state index in [0.29, 0.717) is 29.0 Å². The highest BCUT2D eigenvalue weighted by atomic mass is 16.6. The third kappa shape index (κ3) is 3.40. The third-order valence-electron chi connectivity index (χ3n) is 7.09. The van der Waals surface area contributed by atoms with Crippen LogP contribution in [-0.2, 0) is 14.4 Å². The highest BCUT2D eigenvalue weighted by Crippen LogP contribution is 2.56. The van der Waals surface area contributed by atoms with Crippen LogP contribution in [0, 0.1) is 37.5 Å². The number of imide groups is 1. The molecule has 2 amide bonds. The first-order chi connectivity index (χ1) is 14.9. The zero-order valence-electron chi connectivity index (χ0n) is 17.7. The van der Waals surface area contributed by atoms with Crippen LogP contribution in [0.4, 0.5) is 5.69 Å². The molecular formula is C25H25NO5. The Kier molecular flexibility index (Phi) is 4.80. The van der Waals surface area contributed by atoms with Gasteiger partial charge in [-0.15, -0.1) is 0 Å². The lowest BCUT2D eigenvalue weighted by Gasteiger charge is -2.19. The summed E-state index contributed by atoms with van der Waals surface area (Å²) in [5.41, 5.74) is 2.78. The summed E-state index contributed by atoms with van der Waals surface area (Å²) in [6.45, 7) is 3.78. The van der Waals surface area contributed by atoms with Crippen LogP contribution in [-0.4, -0.2) is 24.4 Å². The summed E-state index contributed by atoms with van der Waals surface area (Å²) in [5.74, 6) is 0.700. The van der Waals surface area contributed by atoms with Gasteiger partial charge in [0.1, 0.15) is 11.5 Å². The molecule has 0 radical (unpaired) electrons. The Balaban J connectivity index is 1.21. The van der Waals surface area contributed by atoms with Crippen LogP contribution < -0.4 is 14.4 Å². The van der Waals surface area contributed by atoms with Gasteiger partial charge in [0.15, 0.2) is 6.61 Å². The predicted octanol–water partition coefficient (Wildman–Crippen LogP) is 3.82. The van der Waals surface area contributed by atoms with Gasteiger partial charge in [0.25, 0.3) is 0 Å². The number of rotatable bonds is 5. The molecule has 2 aliphatic carbocycles. The van der Waals surface area contributed by atoms with Crippen LogP contribution in [0.2, 0.25) is 0 Å². The van der Waals surface area contributed by atoms with Crippen LogP contribution in [0.15, 0.2) is 42.5 Å². The summed E-state index contributed by atoms with van der Waals surface area (Å²) < 4.78 is 10.8. The van der Waals surface area contributed by atoms with Crippen molar-refractivity contribution >= 4 is 23.5 Å². The number of nitrogens with zero attached hydrogens (tertiary/aromatic N) is 1. The quantitative estimate of drug-likeness (QED) is 0.418. The van der Waals surface area contributed by atoms with Crippen molar-refractivity contribution in [2.45, 2.75) is 33.1 Å². The number of aryl methyl sites for hydroxylation is 2. The highest BCUT2D eigenvalue weighted by molar-refractivity contribution is 6.22. The number of benzene rings is 2. The molecule has 0 N–H and O–H groups in total. The molecule has 0 spiro atoms. The van der Waals surface area contributed by atoms with E-state index in [1.807, 2.05) is 32.0 Å². The van der Waals surface area contributed by atoms with E-state index >= 15 is 0 Å². The fourth-order valence-corrected chi connectivity index (χ4v) is 5.43. The maximum absolute atomic E-state index is 12.9. The first-order valence-corrected chi connectivity index (χ1v) is 10.8. The van der Waals surface area contributed by atoms with Gasteiger partial charge in [-0.05, 0) is 92.5 Å². The van der Waals surface area contributed by atoms with Crippen molar-refractivity contribution in [3.63, 3.8) is 0 Å². The van der Waals surface area contributed by atoms with Gasteiger partial charge in [0.2, 0.25) is 11.8 Å². The van der Waals surface area contributed by atoms with Gasteiger partial charge in [-0.1, -0.05) is 6.07 Å². The van der Waals surface area contributed by atoms with Crippen molar-refractivity contribution < 1.29 is 23.9 Å². The van der Waals surface area contributed by atoms with E-state index in [1.54, 1.807) is 24.3 Å². The SMILES string of the molecule is Cc1ccc(OCC(=O)Oc2ccc(N3C(=O)C4C5CCC(C5)C4C3=O)cc2)cc1C. The second kappa shape index (κ2) is 7.52. The minimum atomic E-state index is -0.523. The molecule has 4 atom stereocenters. The molecule has 6 nitrogen and oxygen atoms in total. The summed E-state index contributed by atoms with van der Waals surface area (Å²) in [6.07, 6.45) is 3.12. The largest absolute Gasteiger partial charge is 0.482 e. The van der Waals surface area contributed by atoms with E-state index in [4.69, 9.17) is 9.47 Å². The molecule has 3 aliphatic rings. The molecule has 6 heteroatoms. The Morgan fingerprint density at radius 2 is 1.52 bits per heavy atom. The molecule has 2 saturated carbocycles. The van der Waals surface area contributed by atoms with E-state index in [2.05, 4.69) is 0 Å². The topological polar surface area (TPSA) is 72.9 Å². The minimum Gasteiger partial charge on any atom is -0.482 e. The van der Waals surface area contributed by atoms with Crippen molar-refractivity contribution in [1.29, 1.82) is 0 Å². The Bertz CT molecular complexity index is 1030. The van der Waals surface area contributed by atoms with E-state index in [-0.39, 0.29) is 30.3 Å². The number of hydrogen-bond acceptors (Lipinski definition) is 5. The van der Waals surface area contributed by atoms with E-state index in [9.17, 15) is 14.4 Å². The van der Waals surface area contributed by atoms with Crippen LogP contribution in [0.3, 0.4) is 0 Å². The maximum atomic E-state index is 12.9. The lowest BCUT2D eigenvalue weighted by molar-refractivity contribution is -0.136. The lowest BCUT2D eigenvalue weighted by atomic mass is 9.81. The van der Waals surface area contributed by atoms with E-state index in [1.165, 1.54) is 4.90 Å². The van der Waals surface area contributed by atoms with Crippen LogP contribution in [0.25, 0.3) is 0 Å². The minimum absolute atomic E-state index is 0.0752. The number of ether oxygens (including phenoxy) is 2. The van der Waals surface area contributed by atoms with Gasteiger partial charge in [-0.25, -0.2) is 4.79 Å². The van der Waals surface area contributed by atoms with Gasteiger partial charge in [0.05, 0.1) is 17.5 Å². The fourth-order valence-electron chi connectivity index (χ4n) is 5.43. The Morgan fingerprint density at radius 1 is 0.903 bits per heavy atom. The smallest absolute Gasteiger partial charge is 0.349 e. The molecule has 2 aromatic carbocycles. The number of hydrogen-bond donors (Lipinski definition) is 0. The zero-order chi connectivity index (χ0) is 21.7. The number of fused-ring (bicyclic) bond motifs is 5. The van der Waals surface area contributed by atoms with Crippen LogP contribution in [0.5, 0.6) is 11.5 Å². The summed E-state index contributed by atoms with van der Waals surface area (Å²) in [4.78, 5) is 39.3. The molecule has 1 saturated heterocycles. The molecule has 160 valence electrons. The second-order valence-electron chi connectivity index (χ2n) is 8.90. The molecule has 2 aromatic rings. The summed E-state index contributed by atoms with van der Waals surface area (Å²) in [6, 6.07) is 12.2. The zero-order valence-corrected chi connectivity index (χ0v) is 17.7. The van der Waals surface area contributed by atoms with Crippen LogP contribution >= 0.6 is 0 Å². The van der Waals surface area contributed by atoms with Crippen LogP contribution in [0.1, 0.15) is 30.4 Å². The fraction of sp³-hybridized carbons (Fsp3) is 0.400. The number of anilines is 1. The summed E-state index contributed by atoms with van der Waals surface area (Å²) in [7, 11) is 0. The molecule has 3 fully saturated rings. The summed E-state index contributed by atoms with van der Waals surface area (Å²) in [5, 5.41) is 0. The van der Waals surface area contributed by atoms with Gasteiger partial charge in [0, 0.05) is 0 Å². The molecule has 5 rings (SSSR count). The standard InChI is InChI=1S/C25H25NO5/c1-14-3-8-20(11-15(14)2)30-13-21(27)31-19-9-6-18(7-10-19)26-24(28)22-16-4-5-17(12-16)23(22)25(26)29/h3,6-11,16-17,22-23H,4-5,12-13H2,1-2H3. The predicted molar refractivity (Wildman–Crippen MR) is 114 cm³/mol. The number of carbonyl (C=O) groups is 3. The normalized spacial score (nSPS) is 26.3. The maximum Gasteiger partial charge on any atom is 0.349 e. The van der Waals surface area contributed by atoms with E-state index < -0.39 is 5.97 Å². The molecule has 2 bridgehead atoms. The van der Waals surface area contributed by atoms with Gasteiger partial charge < -0.3 is 9.47 Å². The molecule has 1 aliphatic heterocycles. The first kappa shape index (κ1) is 19.8. The Hall–Kier alpha value is -3.15. The number of carbonyl (C=O) groups excluding carboxylic acids is 3. The van der Waals surface area contributed by atoms with Crippen molar-refractivity contribution in [2.75, 3.05) is 11.5 Å². The van der Waals surface area contributed by atoms with Crippen molar-refractivity contribution in [3.8, 4) is 11.5 Å². The molecule has 0 aromatic heterocycles. The van der Waals surface area contributed by atoms with Gasteiger partial charge in [-0.2, -0.15) is 0 Å². The lowest BCUT2D eigenvalue weighted by Crippen LogP contribution is -2.32. The van der Waals surface area contributed by atoms with Crippen molar-refractivity contribution in [2.24, 2.45) is 23.7 Å². The second-order valence-corrected chi connectivity index (χ2v) is 8.90.